The van der Waals surface area contributed by atoms with Crippen LogP contribution in [0.15, 0.2) is 0 Å². The lowest BCUT2D eigenvalue weighted by Gasteiger charge is -2.29. The molecule has 118 valence electrons. The largest absolute Gasteiger partial charge is 0.508 e. The van der Waals surface area contributed by atoms with Gasteiger partial charge >= 0.3 is 18.5 Å². The lowest BCUT2D eigenvalue weighted by atomic mass is 10.2. The summed E-state index contributed by atoms with van der Waals surface area (Å²) >= 11 is 0. The average molecular weight is 300 g/mol. The van der Waals surface area contributed by atoms with Gasteiger partial charge in [0, 0.05) is 0 Å². The van der Waals surface area contributed by atoms with Crippen molar-refractivity contribution < 1.29 is 32.2 Å². The number of carbonyl (C=O) groups excluding carboxylic acids is 2. The van der Waals surface area contributed by atoms with E-state index in [1.54, 1.807) is 0 Å². The normalized spacial score (nSPS) is 12.7. The number of nitrogens with zero attached hydrogens (tertiary/aromatic N) is 1. The van der Waals surface area contributed by atoms with E-state index in [9.17, 15) is 22.8 Å². The molecule has 20 heavy (non-hydrogen) atoms. The Hall–Kier alpha value is -1.67. The molecule has 0 fully saturated rings. The highest BCUT2D eigenvalue weighted by Crippen LogP contribution is 2.22. The molecule has 6 nitrogen and oxygen atoms in total. The molecule has 2 amide bonds. The van der Waals surface area contributed by atoms with E-state index in [4.69, 9.17) is 0 Å². The molecular formula is C11H19F3N2O4. The standard InChI is InChI=1S/C11H19F3N2O4/c1-9(2,3)19-7(17)15-16(11(12,13)14)8(18)20-10(4,5)6/h1-6H3,(H,15,17). The van der Waals surface area contributed by atoms with Gasteiger partial charge in [0.1, 0.15) is 11.2 Å². The van der Waals surface area contributed by atoms with Crippen molar-refractivity contribution in [3.63, 3.8) is 0 Å². The maximum absolute atomic E-state index is 12.7. The fourth-order valence-electron chi connectivity index (χ4n) is 0.912. The Labute approximate surface area is 115 Å². The smallest absolute Gasteiger partial charge is 0.443 e. The van der Waals surface area contributed by atoms with E-state index in [2.05, 4.69) is 9.47 Å². The van der Waals surface area contributed by atoms with Crippen LogP contribution < -0.4 is 5.43 Å². The number of carbonyl (C=O) groups is 2. The Balaban J connectivity index is 4.93. The van der Waals surface area contributed by atoms with Gasteiger partial charge in [-0.05, 0) is 41.5 Å². The summed E-state index contributed by atoms with van der Waals surface area (Å²) in [6.07, 6.45) is -8.31. The van der Waals surface area contributed by atoms with Gasteiger partial charge in [-0.3, -0.25) is 0 Å². The molecule has 0 aliphatic heterocycles. The van der Waals surface area contributed by atoms with E-state index in [0.717, 1.165) is 0 Å². The highest BCUT2D eigenvalue weighted by molar-refractivity contribution is 5.74. The van der Waals surface area contributed by atoms with Crippen LogP contribution in [0.25, 0.3) is 0 Å². The van der Waals surface area contributed by atoms with E-state index in [-0.39, 0.29) is 0 Å². The Morgan fingerprint density at radius 3 is 1.60 bits per heavy atom. The number of amides is 2. The molecule has 0 saturated carbocycles. The molecule has 0 radical (unpaired) electrons. The zero-order valence-corrected chi connectivity index (χ0v) is 12.2. The number of rotatable bonds is 0. The minimum absolute atomic E-state index is 0.869. The molecule has 0 spiro atoms. The molecular weight excluding hydrogens is 281 g/mol. The van der Waals surface area contributed by atoms with Crippen LogP contribution in [0.4, 0.5) is 22.8 Å². The first-order chi connectivity index (χ1) is 8.62. The summed E-state index contributed by atoms with van der Waals surface area (Å²) < 4.78 is 47.3. The van der Waals surface area contributed by atoms with E-state index < -0.39 is 34.7 Å². The molecule has 0 heterocycles. The second-order valence-corrected chi connectivity index (χ2v) is 5.90. The van der Waals surface area contributed by atoms with Crippen LogP contribution in [-0.2, 0) is 9.47 Å². The number of alkyl halides is 3. The van der Waals surface area contributed by atoms with Crippen LogP contribution in [0.1, 0.15) is 41.5 Å². The van der Waals surface area contributed by atoms with Gasteiger partial charge in [0.2, 0.25) is 0 Å². The van der Waals surface area contributed by atoms with Crippen molar-refractivity contribution in [1.29, 1.82) is 0 Å². The van der Waals surface area contributed by atoms with Gasteiger partial charge in [-0.1, -0.05) is 0 Å². The Bertz CT molecular complexity index is 369. The molecule has 0 aliphatic rings. The summed E-state index contributed by atoms with van der Waals surface area (Å²) in [7, 11) is 0. The summed E-state index contributed by atoms with van der Waals surface area (Å²) in [5, 5.41) is -0.869. The third-order valence-corrected chi connectivity index (χ3v) is 1.43. The zero-order valence-electron chi connectivity index (χ0n) is 12.2. The first-order valence-corrected chi connectivity index (χ1v) is 5.71. The molecule has 9 heteroatoms. The number of hydrazine groups is 1. The van der Waals surface area contributed by atoms with Crippen LogP contribution >= 0.6 is 0 Å². The highest BCUT2D eigenvalue weighted by atomic mass is 19.4. The van der Waals surface area contributed by atoms with Gasteiger partial charge in [-0.15, -0.1) is 18.2 Å². The molecule has 0 aromatic rings. The third-order valence-electron chi connectivity index (χ3n) is 1.43. The summed E-state index contributed by atoms with van der Waals surface area (Å²) in [6.45, 7) is 8.60. The minimum atomic E-state index is -5.14. The van der Waals surface area contributed by atoms with Gasteiger partial charge in [0.05, 0.1) is 0 Å². The molecule has 0 aromatic carbocycles. The maximum atomic E-state index is 12.7. The van der Waals surface area contributed by atoms with Crippen molar-refractivity contribution in [1.82, 2.24) is 10.4 Å². The van der Waals surface area contributed by atoms with Gasteiger partial charge < -0.3 is 9.47 Å². The fourth-order valence-corrected chi connectivity index (χ4v) is 0.912. The molecule has 0 saturated heterocycles. The molecule has 0 unspecified atom stereocenters. The van der Waals surface area contributed by atoms with Gasteiger partial charge in [0.15, 0.2) is 0 Å². The Kier molecular flexibility index (Phi) is 5.28. The lowest BCUT2D eigenvalue weighted by molar-refractivity contribution is -0.246. The SMILES string of the molecule is CC(C)(C)OC(=O)NN(C(=O)OC(C)(C)C)C(F)(F)F. The van der Waals surface area contributed by atoms with E-state index in [1.165, 1.54) is 47.0 Å². The van der Waals surface area contributed by atoms with Crippen molar-refractivity contribution >= 4 is 12.2 Å². The first kappa shape index (κ1) is 18.3. The van der Waals surface area contributed by atoms with Crippen LogP contribution in [0.3, 0.4) is 0 Å². The number of ether oxygens (including phenoxy) is 2. The summed E-state index contributed by atoms with van der Waals surface area (Å²) in [4.78, 5) is 22.7. The monoisotopic (exact) mass is 300 g/mol. The number of nitrogens with one attached hydrogen (secondary N) is 1. The zero-order chi connectivity index (χ0) is 16.4. The molecule has 0 aliphatic carbocycles. The third kappa shape index (κ3) is 7.70. The van der Waals surface area contributed by atoms with Crippen molar-refractivity contribution in [2.45, 2.75) is 59.0 Å². The summed E-state index contributed by atoms with van der Waals surface area (Å²) in [6, 6.07) is 0. The minimum Gasteiger partial charge on any atom is -0.443 e. The van der Waals surface area contributed by atoms with E-state index in [0.29, 0.717) is 0 Å². The van der Waals surface area contributed by atoms with Crippen LogP contribution in [-0.4, -0.2) is 34.7 Å². The van der Waals surface area contributed by atoms with Crippen molar-refractivity contribution in [2.24, 2.45) is 0 Å². The van der Waals surface area contributed by atoms with Gasteiger partial charge in [0.25, 0.3) is 0 Å². The van der Waals surface area contributed by atoms with Gasteiger partial charge in [-0.2, -0.15) is 0 Å². The Morgan fingerprint density at radius 1 is 0.900 bits per heavy atom. The second-order valence-electron chi connectivity index (χ2n) is 5.90. The summed E-state index contributed by atoms with van der Waals surface area (Å²) in [5.74, 6) is 0. The quantitative estimate of drug-likeness (QED) is 0.551. The molecule has 0 atom stereocenters. The van der Waals surface area contributed by atoms with E-state index in [1.807, 2.05) is 0 Å². The van der Waals surface area contributed by atoms with Crippen LogP contribution in [0.2, 0.25) is 0 Å². The van der Waals surface area contributed by atoms with Crippen molar-refractivity contribution in [3.05, 3.63) is 0 Å². The first-order valence-electron chi connectivity index (χ1n) is 5.71. The molecule has 0 aromatic heterocycles. The van der Waals surface area contributed by atoms with Gasteiger partial charge in [-0.25, -0.2) is 15.0 Å². The molecule has 1 N–H and O–H groups in total. The number of hydrogen-bond acceptors (Lipinski definition) is 4. The Morgan fingerprint density at radius 2 is 1.30 bits per heavy atom. The lowest BCUT2D eigenvalue weighted by Crippen LogP contribution is -2.56. The molecule has 0 rings (SSSR count). The molecule has 0 bridgehead atoms. The van der Waals surface area contributed by atoms with E-state index >= 15 is 0 Å². The van der Waals surface area contributed by atoms with Crippen molar-refractivity contribution in [3.8, 4) is 0 Å². The highest BCUT2D eigenvalue weighted by Gasteiger charge is 2.45. The van der Waals surface area contributed by atoms with Crippen LogP contribution in [0, 0.1) is 0 Å². The summed E-state index contributed by atoms with van der Waals surface area (Å²) in [5.41, 5.74) is -0.839. The van der Waals surface area contributed by atoms with Crippen molar-refractivity contribution in [2.75, 3.05) is 0 Å². The second kappa shape index (κ2) is 5.76. The van der Waals surface area contributed by atoms with Crippen LogP contribution in [0.5, 0.6) is 0 Å². The predicted octanol–water partition coefficient (Wildman–Crippen LogP) is 3.18. The number of halogens is 3. The number of hydrogen-bond donors (Lipinski definition) is 1. The predicted molar refractivity (Wildman–Crippen MR) is 63.5 cm³/mol. The fraction of sp³-hybridized carbons (Fsp3) is 0.818. The average Bonchev–Trinajstić information content (AvgIpc) is 2.05. The maximum Gasteiger partial charge on any atom is 0.508 e. The topological polar surface area (TPSA) is 67.9 Å².